The minimum atomic E-state index is -2.84. The van der Waals surface area contributed by atoms with Gasteiger partial charge in [0, 0.05) is 13.2 Å². The van der Waals surface area contributed by atoms with Crippen LogP contribution < -0.4 is 15.5 Å². The number of thiocarbonyl (C=S) groups is 1. The Kier molecular flexibility index (Phi) is 7.84. The van der Waals surface area contributed by atoms with Crippen LogP contribution in [0.1, 0.15) is 23.6 Å². The standard InChI is InChI=1S/C15H21F2N3O2S/c1-9-5-12(6-10(2)13(9)22-14(16)17)7-18-20-15(23)19-11(3)8-21-4/h5-7,11,14H,8H2,1-4H3,(H2,19,20,23)/b18-7-/t11-/m1/s1. The minimum Gasteiger partial charge on any atom is -0.434 e. The Bertz CT molecular complexity index is 545. The van der Waals surface area contributed by atoms with Gasteiger partial charge in [0.15, 0.2) is 5.11 Å². The number of aryl methyl sites for hydroxylation is 2. The summed E-state index contributed by atoms with van der Waals surface area (Å²) in [6.07, 6.45) is 1.56. The summed E-state index contributed by atoms with van der Waals surface area (Å²) in [5, 5.41) is 7.39. The van der Waals surface area contributed by atoms with Crippen LogP contribution in [0.2, 0.25) is 0 Å². The van der Waals surface area contributed by atoms with E-state index in [9.17, 15) is 8.78 Å². The molecule has 0 bridgehead atoms. The van der Waals surface area contributed by atoms with Gasteiger partial charge in [-0.3, -0.25) is 5.43 Å². The third-order valence-corrected chi connectivity index (χ3v) is 3.07. The molecule has 1 aromatic rings. The van der Waals surface area contributed by atoms with E-state index in [1.807, 2.05) is 6.92 Å². The van der Waals surface area contributed by atoms with Crippen molar-refractivity contribution in [3.05, 3.63) is 28.8 Å². The summed E-state index contributed by atoms with van der Waals surface area (Å²) < 4.78 is 34.2. The van der Waals surface area contributed by atoms with E-state index >= 15 is 0 Å². The molecule has 0 unspecified atom stereocenters. The van der Waals surface area contributed by atoms with Crippen molar-refractivity contribution in [3.8, 4) is 5.75 Å². The Morgan fingerprint density at radius 1 is 1.35 bits per heavy atom. The van der Waals surface area contributed by atoms with Crippen LogP contribution in [0, 0.1) is 13.8 Å². The zero-order valence-corrected chi connectivity index (χ0v) is 14.3. The van der Waals surface area contributed by atoms with Crippen molar-refractivity contribution in [3.63, 3.8) is 0 Å². The summed E-state index contributed by atoms with van der Waals surface area (Å²) in [5.41, 5.74) is 4.67. The highest BCUT2D eigenvalue weighted by Crippen LogP contribution is 2.25. The largest absolute Gasteiger partial charge is 0.434 e. The van der Waals surface area contributed by atoms with E-state index in [0.717, 1.165) is 5.56 Å². The van der Waals surface area contributed by atoms with E-state index in [2.05, 4.69) is 20.6 Å². The van der Waals surface area contributed by atoms with Crippen molar-refractivity contribution in [1.29, 1.82) is 0 Å². The maximum Gasteiger partial charge on any atom is 0.387 e. The Morgan fingerprint density at radius 2 is 1.96 bits per heavy atom. The molecule has 23 heavy (non-hydrogen) atoms. The zero-order valence-electron chi connectivity index (χ0n) is 13.5. The SMILES string of the molecule is COC[C@@H](C)NC(=S)N/N=C\c1cc(C)c(OC(F)F)c(C)c1. The molecule has 0 saturated heterocycles. The number of nitrogens with zero attached hydrogens (tertiary/aromatic N) is 1. The molecular formula is C15H21F2N3O2S. The summed E-state index contributed by atoms with van der Waals surface area (Å²) in [5.74, 6) is 0.190. The van der Waals surface area contributed by atoms with E-state index in [1.165, 1.54) is 0 Å². The molecule has 0 radical (unpaired) electrons. The smallest absolute Gasteiger partial charge is 0.387 e. The van der Waals surface area contributed by atoms with Crippen molar-refractivity contribution >= 4 is 23.5 Å². The molecule has 0 heterocycles. The number of nitrogens with one attached hydrogen (secondary N) is 2. The quantitative estimate of drug-likeness (QED) is 0.452. The normalized spacial score (nSPS) is 12.5. The monoisotopic (exact) mass is 345 g/mol. The predicted molar refractivity (Wildman–Crippen MR) is 90.3 cm³/mol. The van der Waals surface area contributed by atoms with Crippen molar-refractivity contribution in [2.24, 2.45) is 5.10 Å². The third kappa shape index (κ3) is 6.87. The maximum atomic E-state index is 12.3. The molecule has 0 aliphatic heterocycles. The molecular weight excluding hydrogens is 324 g/mol. The van der Waals surface area contributed by atoms with Gasteiger partial charge in [0.25, 0.3) is 0 Å². The third-order valence-electron chi connectivity index (χ3n) is 2.86. The van der Waals surface area contributed by atoms with Gasteiger partial charge in [-0.2, -0.15) is 13.9 Å². The number of hydrazone groups is 1. The van der Waals surface area contributed by atoms with Crippen molar-refractivity contribution in [2.45, 2.75) is 33.4 Å². The summed E-state index contributed by atoms with van der Waals surface area (Å²) in [6, 6.07) is 3.48. The van der Waals surface area contributed by atoms with E-state index in [4.69, 9.17) is 17.0 Å². The van der Waals surface area contributed by atoms with Crippen LogP contribution in [-0.4, -0.2) is 37.7 Å². The lowest BCUT2D eigenvalue weighted by Gasteiger charge is -2.14. The highest BCUT2D eigenvalue weighted by molar-refractivity contribution is 7.80. The summed E-state index contributed by atoms with van der Waals surface area (Å²) in [6.45, 7) is 3.01. The van der Waals surface area contributed by atoms with Crippen LogP contribution in [0.5, 0.6) is 5.75 Å². The molecule has 0 fully saturated rings. The molecule has 0 amide bonds. The zero-order chi connectivity index (χ0) is 17.4. The first-order chi connectivity index (χ1) is 10.8. The Hall–Kier alpha value is -1.80. The van der Waals surface area contributed by atoms with Crippen LogP contribution in [0.3, 0.4) is 0 Å². The number of ether oxygens (including phenoxy) is 2. The van der Waals surface area contributed by atoms with Crippen LogP contribution in [-0.2, 0) is 4.74 Å². The molecule has 0 aromatic heterocycles. The fourth-order valence-corrected chi connectivity index (χ4v) is 2.30. The number of alkyl halides is 2. The second kappa shape index (κ2) is 9.36. The highest BCUT2D eigenvalue weighted by Gasteiger charge is 2.11. The lowest BCUT2D eigenvalue weighted by Crippen LogP contribution is -2.40. The average Bonchev–Trinajstić information content (AvgIpc) is 2.42. The van der Waals surface area contributed by atoms with Crippen molar-refractivity contribution < 1.29 is 18.3 Å². The average molecular weight is 345 g/mol. The van der Waals surface area contributed by atoms with Gasteiger partial charge in [0.05, 0.1) is 12.8 Å². The molecule has 1 aromatic carbocycles. The molecule has 1 atom stereocenters. The highest BCUT2D eigenvalue weighted by atomic mass is 32.1. The minimum absolute atomic E-state index is 0.0606. The molecule has 1 rings (SSSR count). The van der Waals surface area contributed by atoms with Gasteiger partial charge in [-0.25, -0.2) is 0 Å². The molecule has 0 aliphatic carbocycles. The fraction of sp³-hybridized carbons (Fsp3) is 0.467. The Labute approximate surface area is 140 Å². The molecule has 2 N–H and O–H groups in total. The first kappa shape index (κ1) is 19.2. The summed E-state index contributed by atoms with van der Waals surface area (Å²) in [7, 11) is 1.61. The van der Waals surface area contributed by atoms with Gasteiger partial charge in [0.2, 0.25) is 0 Å². The van der Waals surface area contributed by atoms with Crippen molar-refractivity contribution in [1.82, 2.24) is 10.7 Å². The van der Waals surface area contributed by atoms with Crippen LogP contribution in [0.25, 0.3) is 0 Å². The van der Waals surface area contributed by atoms with E-state index < -0.39 is 6.61 Å². The first-order valence-electron chi connectivity index (χ1n) is 6.98. The molecule has 0 aliphatic rings. The maximum absolute atomic E-state index is 12.3. The molecule has 0 saturated carbocycles. The molecule has 5 nitrogen and oxygen atoms in total. The Balaban J connectivity index is 2.65. The van der Waals surface area contributed by atoms with Gasteiger partial charge in [-0.05, 0) is 61.8 Å². The predicted octanol–water partition coefficient (Wildman–Crippen LogP) is 2.74. The van der Waals surface area contributed by atoms with Gasteiger partial charge >= 0.3 is 6.61 Å². The summed E-state index contributed by atoms with van der Waals surface area (Å²) in [4.78, 5) is 0. The molecule has 128 valence electrons. The second-order valence-electron chi connectivity index (χ2n) is 5.06. The lowest BCUT2D eigenvalue weighted by atomic mass is 10.1. The number of benzene rings is 1. The number of hydrogen-bond acceptors (Lipinski definition) is 4. The van der Waals surface area contributed by atoms with Gasteiger partial charge < -0.3 is 14.8 Å². The van der Waals surface area contributed by atoms with E-state index in [0.29, 0.717) is 22.8 Å². The van der Waals surface area contributed by atoms with Gasteiger partial charge in [-0.15, -0.1) is 0 Å². The van der Waals surface area contributed by atoms with Gasteiger partial charge in [0.1, 0.15) is 5.75 Å². The van der Waals surface area contributed by atoms with E-state index in [1.54, 1.807) is 39.3 Å². The van der Waals surface area contributed by atoms with Gasteiger partial charge in [-0.1, -0.05) is 0 Å². The number of rotatable bonds is 7. The topological polar surface area (TPSA) is 54.9 Å². The number of methoxy groups -OCH3 is 1. The lowest BCUT2D eigenvalue weighted by molar-refractivity contribution is -0.0507. The van der Waals surface area contributed by atoms with Crippen molar-refractivity contribution in [2.75, 3.05) is 13.7 Å². The van der Waals surface area contributed by atoms with Crippen LogP contribution in [0.4, 0.5) is 8.78 Å². The van der Waals surface area contributed by atoms with E-state index in [-0.39, 0.29) is 11.8 Å². The number of halogens is 2. The Morgan fingerprint density at radius 3 is 2.48 bits per heavy atom. The van der Waals surface area contributed by atoms with Crippen LogP contribution in [0.15, 0.2) is 17.2 Å². The summed E-state index contributed by atoms with van der Waals surface area (Å²) >= 11 is 5.08. The van der Waals surface area contributed by atoms with Crippen LogP contribution >= 0.6 is 12.2 Å². The number of hydrogen-bond donors (Lipinski definition) is 2. The first-order valence-corrected chi connectivity index (χ1v) is 7.39. The fourth-order valence-electron chi connectivity index (χ4n) is 2.05. The molecule has 8 heteroatoms. The second-order valence-corrected chi connectivity index (χ2v) is 5.47. The molecule has 0 spiro atoms.